The molecule has 0 spiro atoms. The van der Waals surface area contributed by atoms with Gasteiger partial charge in [0.2, 0.25) is 5.91 Å². The van der Waals surface area contributed by atoms with Crippen LogP contribution in [-0.4, -0.2) is 57.5 Å². The first kappa shape index (κ1) is 20.7. The fraction of sp³-hybridized carbons (Fsp3) is 0.429. The number of carbonyl (C=O) groups is 1. The van der Waals surface area contributed by atoms with Crippen molar-refractivity contribution < 1.29 is 4.79 Å². The molecule has 0 saturated carbocycles. The van der Waals surface area contributed by atoms with E-state index in [4.69, 9.17) is 0 Å². The SMILES string of the molecule is CC(C)C(C#N)N1CCN(C(=O)Cn2cnc3scc(-c4cccs4)c3c2=O)CC1. The number of amides is 1. The Labute approximate surface area is 182 Å². The maximum atomic E-state index is 13.1. The third kappa shape index (κ3) is 3.90. The summed E-state index contributed by atoms with van der Waals surface area (Å²) in [5.74, 6) is 0.153. The summed E-state index contributed by atoms with van der Waals surface area (Å²) in [5, 5.41) is 13.9. The van der Waals surface area contributed by atoms with Crippen molar-refractivity contribution in [3.05, 3.63) is 39.6 Å². The molecule has 0 aromatic carbocycles. The lowest BCUT2D eigenvalue weighted by atomic mass is 10.0. The molecule has 1 aliphatic heterocycles. The zero-order valence-electron chi connectivity index (χ0n) is 16.9. The van der Waals surface area contributed by atoms with E-state index in [2.05, 4.69) is 16.0 Å². The number of fused-ring (bicyclic) bond motifs is 1. The summed E-state index contributed by atoms with van der Waals surface area (Å²) in [6.07, 6.45) is 1.47. The van der Waals surface area contributed by atoms with Crippen molar-refractivity contribution in [1.82, 2.24) is 19.4 Å². The molecule has 0 N–H and O–H groups in total. The second-order valence-corrected chi connectivity index (χ2v) is 9.52. The van der Waals surface area contributed by atoms with Crippen LogP contribution >= 0.6 is 22.7 Å². The molecule has 156 valence electrons. The molecule has 30 heavy (non-hydrogen) atoms. The van der Waals surface area contributed by atoms with Crippen LogP contribution in [0.3, 0.4) is 0 Å². The Morgan fingerprint density at radius 1 is 1.27 bits per heavy atom. The van der Waals surface area contributed by atoms with Crippen LogP contribution < -0.4 is 5.56 Å². The maximum absolute atomic E-state index is 13.1. The van der Waals surface area contributed by atoms with Crippen LogP contribution in [0.25, 0.3) is 20.7 Å². The van der Waals surface area contributed by atoms with E-state index in [1.165, 1.54) is 22.2 Å². The largest absolute Gasteiger partial charge is 0.339 e. The van der Waals surface area contributed by atoms with Gasteiger partial charge in [0.05, 0.1) is 17.8 Å². The fourth-order valence-corrected chi connectivity index (χ4v) is 5.56. The molecule has 3 aromatic rings. The summed E-state index contributed by atoms with van der Waals surface area (Å²) in [6, 6.07) is 6.17. The number of nitrogens with zero attached hydrogens (tertiary/aromatic N) is 5. The number of nitriles is 1. The quantitative estimate of drug-likeness (QED) is 0.608. The minimum atomic E-state index is -0.180. The average molecular weight is 442 g/mol. The molecule has 7 nitrogen and oxygen atoms in total. The van der Waals surface area contributed by atoms with E-state index in [1.54, 1.807) is 16.2 Å². The van der Waals surface area contributed by atoms with Crippen molar-refractivity contribution >= 4 is 38.8 Å². The van der Waals surface area contributed by atoms with E-state index in [9.17, 15) is 14.9 Å². The highest BCUT2D eigenvalue weighted by Gasteiger charge is 2.28. The Hall–Kier alpha value is -2.54. The monoisotopic (exact) mass is 441 g/mol. The Morgan fingerprint density at radius 2 is 2.03 bits per heavy atom. The van der Waals surface area contributed by atoms with Crippen LogP contribution in [0.4, 0.5) is 0 Å². The molecule has 0 aliphatic carbocycles. The molecule has 1 fully saturated rings. The summed E-state index contributed by atoms with van der Waals surface area (Å²) < 4.78 is 1.41. The van der Waals surface area contributed by atoms with Gasteiger partial charge in [-0.1, -0.05) is 19.9 Å². The van der Waals surface area contributed by atoms with E-state index in [1.807, 2.05) is 36.7 Å². The van der Waals surface area contributed by atoms with Crippen molar-refractivity contribution in [1.29, 1.82) is 5.26 Å². The summed E-state index contributed by atoms with van der Waals surface area (Å²) in [5.41, 5.74) is 0.704. The zero-order valence-corrected chi connectivity index (χ0v) is 18.6. The van der Waals surface area contributed by atoms with Gasteiger partial charge in [0, 0.05) is 42.0 Å². The zero-order chi connectivity index (χ0) is 21.3. The molecule has 3 aromatic heterocycles. The predicted molar refractivity (Wildman–Crippen MR) is 120 cm³/mol. The second-order valence-electron chi connectivity index (χ2n) is 7.72. The topological polar surface area (TPSA) is 82.2 Å². The fourth-order valence-electron chi connectivity index (χ4n) is 3.84. The summed E-state index contributed by atoms with van der Waals surface area (Å²) in [7, 11) is 0. The van der Waals surface area contributed by atoms with Gasteiger partial charge in [0.1, 0.15) is 17.4 Å². The molecule has 1 saturated heterocycles. The molecule has 4 heterocycles. The lowest BCUT2D eigenvalue weighted by Crippen LogP contribution is -2.53. The third-order valence-corrected chi connectivity index (χ3v) is 7.27. The van der Waals surface area contributed by atoms with E-state index < -0.39 is 0 Å². The van der Waals surface area contributed by atoms with E-state index in [0.717, 1.165) is 10.4 Å². The third-order valence-electron chi connectivity index (χ3n) is 5.48. The van der Waals surface area contributed by atoms with Crippen LogP contribution in [0.5, 0.6) is 0 Å². The molecular formula is C21H23N5O2S2. The standard InChI is InChI=1S/C21H23N5O2S2/c1-14(2)16(10-22)24-5-7-25(8-6-24)18(27)11-26-13-23-20-19(21(26)28)15(12-30-20)17-4-3-9-29-17/h3-4,9,12-14,16H,5-8,11H2,1-2H3. The van der Waals surface area contributed by atoms with Gasteiger partial charge in [-0.25, -0.2) is 4.98 Å². The van der Waals surface area contributed by atoms with Gasteiger partial charge in [-0.3, -0.25) is 19.1 Å². The molecule has 0 bridgehead atoms. The average Bonchev–Trinajstić information content (AvgIpc) is 3.40. The normalized spacial score (nSPS) is 16.1. The van der Waals surface area contributed by atoms with Gasteiger partial charge in [-0.05, 0) is 17.4 Å². The summed E-state index contributed by atoms with van der Waals surface area (Å²) in [4.78, 5) is 36.0. The van der Waals surface area contributed by atoms with E-state index >= 15 is 0 Å². The first-order valence-electron chi connectivity index (χ1n) is 9.91. The van der Waals surface area contributed by atoms with Crippen molar-refractivity contribution in [2.24, 2.45) is 5.92 Å². The molecule has 9 heteroatoms. The van der Waals surface area contributed by atoms with Gasteiger partial charge < -0.3 is 4.90 Å². The Balaban J connectivity index is 1.49. The lowest BCUT2D eigenvalue weighted by Gasteiger charge is -2.38. The van der Waals surface area contributed by atoms with Crippen molar-refractivity contribution in [3.8, 4) is 16.5 Å². The van der Waals surface area contributed by atoms with Crippen molar-refractivity contribution in [2.45, 2.75) is 26.4 Å². The van der Waals surface area contributed by atoms with Crippen molar-refractivity contribution in [2.75, 3.05) is 26.2 Å². The molecule has 1 aliphatic rings. The Bertz CT molecular complexity index is 1130. The van der Waals surface area contributed by atoms with Crippen LogP contribution in [0.1, 0.15) is 13.8 Å². The second kappa shape index (κ2) is 8.68. The number of thiophene rings is 2. The van der Waals surface area contributed by atoms with Crippen LogP contribution in [-0.2, 0) is 11.3 Å². The van der Waals surface area contributed by atoms with Gasteiger partial charge in [0.15, 0.2) is 0 Å². The lowest BCUT2D eigenvalue weighted by molar-refractivity contribution is -0.133. The Morgan fingerprint density at radius 3 is 2.67 bits per heavy atom. The van der Waals surface area contributed by atoms with E-state index in [-0.39, 0.29) is 30.0 Å². The first-order valence-corrected chi connectivity index (χ1v) is 11.7. The van der Waals surface area contributed by atoms with Gasteiger partial charge >= 0.3 is 0 Å². The van der Waals surface area contributed by atoms with Crippen LogP contribution in [0.15, 0.2) is 34.0 Å². The van der Waals surface area contributed by atoms with Gasteiger partial charge in [-0.2, -0.15) is 5.26 Å². The molecule has 1 amide bonds. The minimum absolute atomic E-state index is 0.0205. The van der Waals surface area contributed by atoms with Crippen molar-refractivity contribution in [3.63, 3.8) is 0 Å². The maximum Gasteiger partial charge on any atom is 0.263 e. The summed E-state index contributed by atoms with van der Waals surface area (Å²) in [6.45, 7) is 6.52. The molecule has 1 atom stereocenters. The van der Waals surface area contributed by atoms with Crippen LogP contribution in [0, 0.1) is 17.2 Å². The highest BCUT2D eigenvalue weighted by Crippen LogP contribution is 2.33. The first-order chi connectivity index (χ1) is 14.5. The summed E-state index contributed by atoms with van der Waals surface area (Å²) >= 11 is 3.03. The highest BCUT2D eigenvalue weighted by atomic mass is 32.1. The number of hydrogen-bond donors (Lipinski definition) is 0. The highest BCUT2D eigenvalue weighted by molar-refractivity contribution is 7.18. The van der Waals surface area contributed by atoms with Crippen LogP contribution in [0.2, 0.25) is 0 Å². The van der Waals surface area contributed by atoms with Gasteiger partial charge in [-0.15, -0.1) is 22.7 Å². The Kier molecular flexibility index (Phi) is 5.99. The predicted octanol–water partition coefficient (Wildman–Crippen LogP) is 2.88. The minimum Gasteiger partial charge on any atom is -0.339 e. The van der Waals surface area contributed by atoms with Gasteiger partial charge in [0.25, 0.3) is 5.56 Å². The van der Waals surface area contributed by atoms with E-state index in [0.29, 0.717) is 36.4 Å². The molecule has 4 rings (SSSR count). The smallest absolute Gasteiger partial charge is 0.263 e. The number of aromatic nitrogens is 2. The molecule has 1 unspecified atom stereocenters. The number of rotatable bonds is 5. The number of carbonyl (C=O) groups excluding carboxylic acids is 1. The molecule has 0 radical (unpaired) electrons. The number of hydrogen-bond acceptors (Lipinski definition) is 7. The molecular weight excluding hydrogens is 418 g/mol. The number of piperazine rings is 1.